The van der Waals surface area contributed by atoms with Crippen molar-refractivity contribution in [1.29, 1.82) is 0 Å². The SMILES string of the molecule is Cc1ccccc1C(c1ccccc1)(c1ccccc1)c1ccccc1C. The third kappa shape index (κ3) is 2.88. The fourth-order valence-corrected chi connectivity index (χ4v) is 4.30. The lowest BCUT2D eigenvalue weighted by Crippen LogP contribution is -2.32. The van der Waals surface area contributed by atoms with Gasteiger partial charge in [-0.25, -0.2) is 0 Å². The van der Waals surface area contributed by atoms with Gasteiger partial charge in [0, 0.05) is 0 Å². The molecule has 0 aliphatic rings. The second kappa shape index (κ2) is 7.25. The molecule has 4 aromatic carbocycles. The van der Waals surface area contributed by atoms with Gasteiger partial charge in [0.2, 0.25) is 0 Å². The summed E-state index contributed by atoms with van der Waals surface area (Å²) in [6.07, 6.45) is 0. The van der Waals surface area contributed by atoms with Crippen LogP contribution in [0.4, 0.5) is 0 Å². The average molecular weight is 348 g/mol. The fraction of sp³-hybridized carbons (Fsp3) is 0.111. The van der Waals surface area contributed by atoms with Gasteiger partial charge in [-0.15, -0.1) is 0 Å². The van der Waals surface area contributed by atoms with E-state index in [0.717, 1.165) is 0 Å². The van der Waals surface area contributed by atoms with Crippen molar-refractivity contribution in [2.45, 2.75) is 19.3 Å². The molecule has 0 radical (unpaired) electrons. The maximum absolute atomic E-state index is 2.28. The normalized spacial score (nSPS) is 11.3. The van der Waals surface area contributed by atoms with Crippen LogP contribution in [0.3, 0.4) is 0 Å². The summed E-state index contributed by atoms with van der Waals surface area (Å²) >= 11 is 0. The minimum absolute atomic E-state index is 0.348. The van der Waals surface area contributed by atoms with Crippen molar-refractivity contribution in [2.75, 3.05) is 0 Å². The first-order valence-corrected chi connectivity index (χ1v) is 9.48. The standard InChI is InChI=1S/C27H24/c1-21-13-9-11-19-25(21)27(23-15-5-3-6-16-23,24-17-7-4-8-18-24)26-20-12-10-14-22(26)2/h3-20H,1-2H3. The van der Waals surface area contributed by atoms with Crippen LogP contribution >= 0.6 is 0 Å². The Morgan fingerprint density at radius 3 is 1.11 bits per heavy atom. The van der Waals surface area contributed by atoms with Gasteiger partial charge in [0.15, 0.2) is 0 Å². The highest BCUT2D eigenvalue weighted by molar-refractivity contribution is 5.62. The Morgan fingerprint density at radius 2 is 0.741 bits per heavy atom. The first kappa shape index (κ1) is 17.3. The number of rotatable bonds is 4. The lowest BCUT2D eigenvalue weighted by Gasteiger charge is -2.38. The third-order valence-corrected chi connectivity index (χ3v) is 5.51. The highest BCUT2D eigenvalue weighted by Gasteiger charge is 2.39. The molecule has 4 aromatic rings. The van der Waals surface area contributed by atoms with Crippen molar-refractivity contribution < 1.29 is 0 Å². The molecule has 0 aliphatic heterocycles. The topological polar surface area (TPSA) is 0 Å². The number of hydrogen-bond acceptors (Lipinski definition) is 0. The first-order chi connectivity index (χ1) is 13.2. The molecular formula is C27H24. The Balaban J connectivity index is 2.20. The highest BCUT2D eigenvalue weighted by atomic mass is 14.4. The van der Waals surface area contributed by atoms with Crippen molar-refractivity contribution in [2.24, 2.45) is 0 Å². The molecule has 0 nitrogen and oxygen atoms in total. The molecule has 0 fully saturated rings. The highest BCUT2D eigenvalue weighted by Crippen LogP contribution is 2.47. The van der Waals surface area contributed by atoms with Crippen molar-refractivity contribution >= 4 is 0 Å². The quantitative estimate of drug-likeness (QED) is 0.361. The van der Waals surface area contributed by atoms with Crippen LogP contribution in [-0.2, 0) is 5.41 Å². The zero-order chi connectivity index (χ0) is 18.7. The summed E-state index contributed by atoms with van der Waals surface area (Å²) in [6.45, 7) is 4.43. The summed E-state index contributed by atoms with van der Waals surface area (Å²) in [5.74, 6) is 0. The van der Waals surface area contributed by atoms with Crippen LogP contribution in [0, 0.1) is 13.8 Å². The molecule has 27 heavy (non-hydrogen) atoms. The van der Waals surface area contributed by atoms with Crippen LogP contribution in [-0.4, -0.2) is 0 Å². The predicted molar refractivity (Wildman–Crippen MR) is 114 cm³/mol. The summed E-state index contributed by atoms with van der Waals surface area (Å²) in [6, 6.07) is 39.3. The number of hydrogen-bond donors (Lipinski definition) is 0. The molecule has 0 N–H and O–H groups in total. The lowest BCUT2D eigenvalue weighted by molar-refractivity contribution is 0.732. The second-order valence-electron chi connectivity index (χ2n) is 7.11. The molecular weight excluding hydrogens is 324 g/mol. The largest absolute Gasteiger partial charge is 0.0706 e. The van der Waals surface area contributed by atoms with Crippen molar-refractivity contribution in [3.63, 3.8) is 0 Å². The fourth-order valence-electron chi connectivity index (χ4n) is 4.30. The molecule has 0 spiro atoms. The Morgan fingerprint density at radius 1 is 0.407 bits per heavy atom. The molecule has 0 aromatic heterocycles. The van der Waals surface area contributed by atoms with Crippen LogP contribution in [0.5, 0.6) is 0 Å². The monoisotopic (exact) mass is 348 g/mol. The maximum atomic E-state index is 2.28. The van der Waals surface area contributed by atoms with E-state index in [9.17, 15) is 0 Å². The van der Waals surface area contributed by atoms with Crippen LogP contribution in [0.15, 0.2) is 109 Å². The lowest BCUT2D eigenvalue weighted by atomic mass is 9.63. The van der Waals surface area contributed by atoms with Gasteiger partial charge in [0.1, 0.15) is 0 Å². The van der Waals surface area contributed by atoms with Crippen molar-refractivity contribution in [3.05, 3.63) is 143 Å². The van der Waals surface area contributed by atoms with Gasteiger partial charge in [-0.2, -0.15) is 0 Å². The molecule has 0 atom stereocenters. The second-order valence-corrected chi connectivity index (χ2v) is 7.11. The van der Waals surface area contributed by atoms with E-state index in [1.807, 2.05) is 0 Å². The zero-order valence-corrected chi connectivity index (χ0v) is 15.9. The molecule has 0 saturated carbocycles. The van der Waals surface area contributed by atoms with Crippen LogP contribution in [0.2, 0.25) is 0 Å². The predicted octanol–water partition coefficient (Wildman–Crippen LogP) is 6.69. The van der Waals surface area contributed by atoms with Gasteiger partial charge in [-0.3, -0.25) is 0 Å². The van der Waals surface area contributed by atoms with Gasteiger partial charge in [0.25, 0.3) is 0 Å². The van der Waals surface area contributed by atoms with Crippen LogP contribution in [0.25, 0.3) is 0 Å². The number of aryl methyl sites for hydroxylation is 2. The Kier molecular flexibility index (Phi) is 4.64. The van der Waals surface area contributed by atoms with E-state index in [-0.39, 0.29) is 5.41 Å². The molecule has 0 bridgehead atoms. The molecule has 4 rings (SSSR count). The smallest absolute Gasteiger partial charge is 0.0622 e. The van der Waals surface area contributed by atoms with Gasteiger partial charge in [0.05, 0.1) is 5.41 Å². The molecule has 0 unspecified atom stereocenters. The summed E-state index contributed by atoms with van der Waals surface area (Å²) in [5.41, 5.74) is 7.49. The zero-order valence-electron chi connectivity index (χ0n) is 15.9. The first-order valence-electron chi connectivity index (χ1n) is 9.48. The molecule has 132 valence electrons. The minimum atomic E-state index is -0.348. The van der Waals surface area contributed by atoms with E-state index < -0.39 is 0 Å². The van der Waals surface area contributed by atoms with E-state index >= 15 is 0 Å². The molecule has 0 saturated heterocycles. The summed E-state index contributed by atoms with van der Waals surface area (Å²) in [5, 5.41) is 0. The van der Waals surface area contributed by atoms with E-state index in [0.29, 0.717) is 0 Å². The van der Waals surface area contributed by atoms with Gasteiger partial charge in [-0.1, -0.05) is 109 Å². The molecule has 0 heterocycles. The third-order valence-electron chi connectivity index (χ3n) is 5.51. The summed E-state index contributed by atoms with van der Waals surface area (Å²) in [4.78, 5) is 0. The van der Waals surface area contributed by atoms with Crippen LogP contribution in [0.1, 0.15) is 33.4 Å². The van der Waals surface area contributed by atoms with Gasteiger partial charge in [-0.05, 0) is 47.2 Å². The Labute approximate surface area is 162 Å². The van der Waals surface area contributed by atoms with Crippen LogP contribution < -0.4 is 0 Å². The van der Waals surface area contributed by atoms with E-state index in [1.54, 1.807) is 0 Å². The Hall–Kier alpha value is -3.12. The van der Waals surface area contributed by atoms with Gasteiger partial charge >= 0.3 is 0 Å². The maximum Gasteiger partial charge on any atom is 0.0706 e. The Bertz CT molecular complexity index is 943. The summed E-state index contributed by atoms with van der Waals surface area (Å²) < 4.78 is 0. The number of benzene rings is 4. The van der Waals surface area contributed by atoms with Crippen molar-refractivity contribution in [1.82, 2.24) is 0 Å². The van der Waals surface area contributed by atoms with Gasteiger partial charge < -0.3 is 0 Å². The molecule has 0 heteroatoms. The summed E-state index contributed by atoms with van der Waals surface area (Å²) in [7, 11) is 0. The average Bonchev–Trinajstić information content (AvgIpc) is 2.73. The van der Waals surface area contributed by atoms with E-state index in [4.69, 9.17) is 0 Å². The van der Waals surface area contributed by atoms with E-state index in [1.165, 1.54) is 33.4 Å². The molecule has 0 aliphatic carbocycles. The molecule has 0 amide bonds. The van der Waals surface area contributed by atoms with Crippen molar-refractivity contribution in [3.8, 4) is 0 Å². The minimum Gasteiger partial charge on any atom is -0.0622 e. The van der Waals surface area contributed by atoms with E-state index in [2.05, 4.69) is 123 Å².